The van der Waals surface area contributed by atoms with E-state index < -0.39 is 24.0 Å². The SMILES string of the molecule is Cc1ncnc(Cl)c1C=C(F)B1OC(C)(C)C(C)(C)O1. The Bertz CT molecular complexity index is 527. The van der Waals surface area contributed by atoms with E-state index in [1.165, 1.54) is 12.4 Å². The van der Waals surface area contributed by atoms with Crippen LogP contribution in [0.3, 0.4) is 0 Å². The molecule has 1 aliphatic heterocycles. The quantitative estimate of drug-likeness (QED) is 0.620. The van der Waals surface area contributed by atoms with E-state index in [4.69, 9.17) is 20.9 Å². The molecular weight excluding hydrogens is 281 g/mol. The second-order valence-corrected chi connectivity index (χ2v) is 6.14. The van der Waals surface area contributed by atoms with Crippen molar-refractivity contribution in [1.29, 1.82) is 0 Å². The molecule has 1 aromatic rings. The zero-order valence-corrected chi connectivity index (χ0v) is 13.0. The summed E-state index contributed by atoms with van der Waals surface area (Å²) in [5.74, 6) is 0. The van der Waals surface area contributed by atoms with Crippen LogP contribution in [0.4, 0.5) is 4.39 Å². The van der Waals surface area contributed by atoms with Gasteiger partial charge >= 0.3 is 7.12 Å². The molecule has 4 nitrogen and oxygen atoms in total. The highest BCUT2D eigenvalue weighted by atomic mass is 35.5. The minimum absolute atomic E-state index is 0.198. The number of hydrogen-bond donors (Lipinski definition) is 0. The fraction of sp³-hybridized carbons (Fsp3) is 0.538. The van der Waals surface area contributed by atoms with Crippen LogP contribution in [-0.4, -0.2) is 28.3 Å². The van der Waals surface area contributed by atoms with Crippen LogP contribution in [0.15, 0.2) is 12.1 Å². The second-order valence-electron chi connectivity index (χ2n) is 5.78. The molecule has 0 bridgehead atoms. The van der Waals surface area contributed by atoms with Gasteiger partial charge in [-0.3, -0.25) is 0 Å². The van der Waals surface area contributed by atoms with Crippen LogP contribution in [0.2, 0.25) is 5.15 Å². The summed E-state index contributed by atoms with van der Waals surface area (Å²) in [5, 5.41) is 0.198. The monoisotopic (exact) mass is 298 g/mol. The summed E-state index contributed by atoms with van der Waals surface area (Å²) in [6, 6.07) is 0. The molecule has 2 heterocycles. The van der Waals surface area contributed by atoms with Crippen molar-refractivity contribution < 1.29 is 13.7 Å². The molecule has 0 spiro atoms. The molecule has 1 saturated heterocycles. The third-order valence-corrected chi connectivity index (χ3v) is 4.10. The highest BCUT2D eigenvalue weighted by Crippen LogP contribution is 2.39. The standard InChI is InChI=1S/C13H17BClFN2O2/c1-8-9(11(15)18-7-17-8)6-10(16)14-19-12(2,3)13(4,5)20-14/h6-7H,1-5H3. The van der Waals surface area contributed by atoms with E-state index in [2.05, 4.69) is 9.97 Å². The van der Waals surface area contributed by atoms with Gasteiger partial charge in [-0.15, -0.1) is 0 Å². The first-order valence-corrected chi connectivity index (χ1v) is 6.72. The normalized spacial score (nSPS) is 21.4. The van der Waals surface area contributed by atoms with E-state index in [0.29, 0.717) is 11.3 Å². The minimum Gasteiger partial charge on any atom is -0.398 e. The maximum absolute atomic E-state index is 14.3. The Morgan fingerprint density at radius 1 is 1.25 bits per heavy atom. The van der Waals surface area contributed by atoms with Crippen molar-refractivity contribution in [3.05, 3.63) is 28.5 Å². The molecule has 1 aliphatic rings. The van der Waals surface area contributed by atoms with E-state index in [9.17, 15) is 4.39 Å². The summed E-state index contributed by atoms with van der Waals surface area (Å²) >= 11 is 5.95. The van der Waals surface area contributed by atoms with Gasteiger partial charge in [0, 0.05) is 11.3 Å². The van der Waals surface area contributed by atoms with Crippen molar-refractivity contribution in [2.45, 2.75) is 45.8 Å². The molecule has 2 rings (SSSR count). The van der Waals surface area contributed by atoms with Gasteiger partial charge in [0.25, 0.3) is 0 Å². The number of aryl methyl sites for hydroxylation is 1. The number of aromatic nitrogens is 2. The summed E-state index contributed by atoms with van der Waals surface area (Å²) in [6.07, 6.45) is 2.60. The Labute approximate surface area is 123 Å². The highest BCUT2D eigenvalue weighted by molar-refractivity contribution is 6.54. The molecule has 0 unspecified atom stereocenters. The summed E-state index contributed by atoms with van der Waals surface area (Å²) < 4.78 is 25.6. The van der Waals surface area contributed by atoms with Crippen LogP contribution >= 0.6 is 11.6 Å². The summed E-state index contributed by atoms with van der Waals surface area (Å²) in [6.45, 7) is 9.19. The van der Waals surface area contributed by atoms with Gasteiger partial charge in [-0.1, -0.05) is 11.6 Å². The molecule has 0 radical (unpaired) electrons. The Kier molecular flexibility index (Phi) is 3.93. The van der Waals surface area contributed by atoms with Crippen molar-refractivity contribution in [2.24, 2.45) is 0 Å². The zero-order valence-electron chi connectivity index (χ0n) is 12.2. The second kappa shape index (κ2) is 5.09. The molecule has 0 aliphatic carbocycles. The van der Waals surface area contributed by atoms with Gasteiger partial charge in [-0.05, 0) is 40.7 Å². The average molecular weight is 299 g/mol. The van der Waals surface area contributed by atoms with Crippen molar-refractivity contribution in [3.63, 3.8) is 0 Å². The van der Waals surface area contributed by atoms with Crippen LogP contribution in [-0.2, 0) is 9.31 Å². The van der Waals surface area contributed by atoms with Gasteiger partial charge in [-0.2, -0.15) is 0 Å². The topological polar surface area (TPSA) is 44.2 Å². The van der Waals surface area contributed by atoms with Gasteiger partial charge in [-0.25, -0.2) is 14.4 Å². The predicted octanol–water partition coefficient (Wildman–Crippen LogP) is 3.38. The molecule has 0 amide bonds. The molecule has 7 heteroatoms. The van der Waals surface area contributed by atoms with Crippen molar-refractivity contribution >= 4 is 24.8 Å². The van der Waals surface area contributed by atoms with Gasteiger partial charge in [0.1, 0.15) is 17.2 Å². The number of rotatable bonds is 2. The lowest BCUT2D eigenvalue weighted by atomic mass is 9.87. The lowest BCUT2D eigenvalue weighted by molar-refractivity contribution is 0.00578. The van der Waals surface area contributed by atoms with Gasteiger partial charge in [0.15, 0.2) is 0 Å². The van der Waals surface area contributed by atoms with E-state index in [1.807, 2.05) is 27.7 Å². The number of halogens is 2. The predicted molar refractivity (Wildman–Crippen MR) is 76.9 cm³/mol. The van der Waals surface area contributed by atoms with Gasteiger partial charge in [0.2, 0.25) is 0 Å². The molecule has 0 aromatic carbocycles. The van der Waals surface area contributed by atoms with Crippen molar-refractivity contribution in [3.8, 4) is 0 Å². The molecule has 0 saturated carbocycles. The van der Waals surface area contributed by atoms with E-state index >= 15 is 0 Å². The van der Waals surface area contributed by atoms with E-state index in [1.54, 1.807) is 6.92 Å². The highest BCUT2D eigenvalue weighted by Gasteiger charge is 2.53. The van der Waals surface area contributed by atoms with Crippen molar-refractivity contribution in [2.75, 3.05) is 0 Å². The molecule has 108 valence electrons. The third kappa shape index (κ3) is 2.73. The fourth-order valence-corrected chi connectivity index (χ4v) is 2.02. The summed E-state index contributed by atoms with van der Waals surface area (Å²) in [5.41, 5.74) is -0.703. The van der Waals surface area contributed by atoms with Gasteiger partial charge < -0.3 is 9.31 Å². The number of hydrogen-bond acceptors (Lipinski definition) is 4. The minimum atomic E-state index is -1.05. The van der Waals surface area contributed by atoms with Crippen molar-refractivity contribution in [1.82, 2.24) is 9.97 Å². The smallest absolute Gasteiger partial charge is 0.398 e. The lowest BCUT2D eigenvalue weighted by Gasteiger charge is -2.32. The average Bonchev–Trinajstić information content (AvgIpc) is 2.53. The maximum Gasteiger partial charge on any atom is 0.525 e. The first-order chi connectivity index (χ1) is 9.14. The van der Waals surface area contributed by atoms with Gasteiger partial charge in [0.05, 0.1) is 11.2 Å². The molecule has 20 heavy (non-hydrogen) atoms. The zero-order chi connectivity index (χ0) is 15.1. The van der Waals surface area contributed by atoms with E-state index in [0.717, 1.165) is 0 Å². The summed E-state index contributed by atoms with van der Waals surface area (Å²) in [4.78, 5) is 7.83. The van der Waals surface area contributed by atoms with Crippen LogP contribution in [0, 0.1) is 6.92 Å². The Hall–Kier alpha value is -0.975. The van der Waals surface area contributed by atoms with Crippen LogP contribution in [0.5, 0.6) is 0 Å². The Morgan fingerprint density at radius 2 is 1.80 bits per heavy atom. The maximum atomic E-state index is 14.3. The van der Waals surface area contributed by atoms with Crippen LogP contribution in [0.1, 0.15) is 39.0 Å². The molecule has 0 N–H and O–H groups in total. The van der Waals surface area contributed by atoms with Crippen LogP contribution in [0.25, 0.3) is 6.08 Å². The molecule has 1 fully saturated rings. The first-order valence-electron chi connectivity index (χ1n) is 6.34. The Morgan fingerprint density at radius 3 is 2.30 bits per heavy atom. The first kappa shape index (κ1) is 15.4. The molecule has 0 atom stereocenters. The fourth-order valence-electron chi connectivity index (χ4n) is 1.78. The number of nitrogens with zero attached hydrogens (tertiary/aromatic N) is 2. The third-order valence-electron chi connectivity index (χ3n) is 3.80. The lowest BCUT2D eigenvalue weighted by Crippen LogP contribution is -2.41. The summed E-state index contributed by atoms with van der Waals surface area (Å²) in [7, 11) is -1.05. The van der Waals surface area contributed by atoms with Crippen LogP contribution < -0.4 is 0 Å². The molecular formula is C13H17BClFN2O2. The largest absolute Gasteiger partial charge is 0.525 e. The molecule has 1 aromatic heterocycles. The Balaban J connectivity index is 2.29. The van der Waals surface area contributed by atoms with E-state index in [-0.39, 0.29) is 5.15 Å².